The molecule has 0 saturated carbocycles. The summed E-state index contributed by atoms with van der Waals surface area (Å²) in [6, 6.07) is 10.9. The van der Waals surface area contributed by atoms with Crippen LogP contribution in [0, 0.1) is 5.92 Å². The largest absolute Gasteiger partial charge is 0.495 e. The molecular formula is C24H33Cl2N5O2. The van der Waals surface area contributed by atoms with Crippen LogP contribution in [-0.2, 0) is 0 Å². The molecule has 0 spiro atoms. The lowest BCUT2D eigenvalue weighted by atomic mass is 9.87. The molecule has 2 aliphatic rings. The Morgan fingerprint density at radius 1 is 1.18 bits per heavy atom. The third kappa shape index (κ3) is 7.21. The van der Waals surface area contributed by atoms with Gasteiger partial charge in [-0.25, -0.2) is 4.79 Å². The second-order valence-corrected chi connectivity index (χ2v) is 9.12. The first-order valence-corrected chi connectivity index (χ1v) is 11.7. The number of urea groups is 1. The Bertz CT molecular complexity index is 875. The molecule has 4 rings (SSSR count). The number of rotatable bonds is 6. The summed E-state index contributed by atoms with van der Waals surface area (Å²) in [5, 5.41) is 10.2. The average Bonchev–Trinajstić information content (AvgIpc) is 2.82. The predicted molar refractivity (Wildman–Crippen MR) is 135 cm³/mol. The molecule has 2 amide bonds. The number of nitrogens with one attached hydrogen (secondary N) is 3. The highest BCUT2D eigenvalue weighted by molar-refractivity contribution is 6.30. The van der Waals surface area contributed by atoms with Gasteiger partial charge >= 0.3 is 6.03 Å². The summed E-state index contributed by atoms with van der Waals surface area (Å²) in [5.74, 6) is 1.59. The molecule has 1 aromatic carbocycles. The molecule has 2 fully saturated rings. The van der Waals surface area contributed by atoms with E-state index in [1.807, 2.05) is 12.1 Å². The Labute approximate surface area is 207 Å². The molecule has 0 radical (unpaired) electrons. The van der Waals surface area contributed by atoms with Gasteiger partial charge in [0, 0.05) is 48.0 Å². The highest BCUT2D eigenvalue weighted by atomic mass is 35.5. The van der Waals surface area contributed by atoms with Crippen LogP contribution in [0.3, 0.4) is 0 Å². The van der Waals surface area contributed by atoms with Crippen LogP contribution >= 0.6 is 24.0 Å². The van der Waals surface area contributed by atoms with Gasteiger partial charge in [0.15, 0.2) is 0 Å². The van der Waals surface area contributed by atoms with Crippen LogP contribution in [0.1, 0.15) is 30.9 Å². The van der Waals surface area contributed by atoms with Crippen molar-refractivity contribution in [1.29, 1.82) is 0 Å². The molecule has 0 bridgehead atoms. The van der Waals surface area contributed by atoms with Crippen molar-refractivity contribution in [3.05, 3.63) is 53.3 Å². The number of hydrogen-bond acceptors (Lipinski definition) is 5. The maximum absolute atomic E-state index is 12.7. The fraction of sp³-hybridized carbons (Fsp3) is 0.500. The number of likely N-dealkylation sites (tertiary alicyclic amines) is 1. The molecule has 9 heteroatoms. The number of carbonyl (C=O) groups excluding carboxylic acids is 1. The third-order valence-corrected chi connectivity index (χ3v) is 6.72. The zero-order valence-corrected chi connectivity index (χ0v) is 20.5. The summed E-state index contributed by atoms with van der Waals surface area (Å²) >= 11 is 5.94. The van der Waals surface area contributed by atoms with Crippen molar-refractivity contribution in [3.8, 4) is 5.75 Å². The number of anilines is 1. The Morgan fingerprint density at radius 2 is 1.94 bits per heavy atom. The molecule has 33 heavy (non-hydrogen) atoms. The van der Waals surface area contributed by atoms with Gasteiger partial charge in [-0.05, 0) is 74.7 Å². The highest BCUT2D eigenvalue weighted by Gasteiger charge is 2.33. The van der Waals surface area contributed by atoms with Crippen molar-refractivity contribution in [3.63, 3.8) is 0 Å². The van der Waals surface area contributed by atoms with E-state index in [0.29, 0.717) is 5.02 Å². The highest BCUT2D eigenvalue weighted by Crippen LogP contribution is 2.29. The SMILES string of the molecule is COc1ccc([C@@H]2CN(CC3CCNCC3)CC[C@H]2NC(=O)Nc2ccc(Cl)cc2)nc1.Cl. The average molecular weight is 494 g/mol. The number of aromatic nitrogens is 1. The molecule has 3 heterocycles. The molecule has 2 saturated heterocycles. The molecule has 180 valence electrons. The third-order valence-electron chi connectivity index (χ3n) is 6.47. The molecule has 0 aliphatic carbocycles. The van der Waals surface area contributed by atoms with E-state index in [4.69, 9.17) is 16.3 Å². The minimum atomic E-state index is -0.206. The van der Waals surface area contributed by atoms with Crippen LogP contribution in [0.4, 0.5) is 10.5 Å². The molecule has 1 aromatic heterocycles. The number of nitrogens with zero attached hydrogens (tertiary/aromatic N) is 2. The maximum atomic E-state index is 12.7. The summed E-state index contributed by atoms with van der Waals surface area (Å²) in [5.41, 5.74) is 1.70. The zero-order valence-electron chi connectivity index (χ0n) is 18.9. The van der Waals surface area contributed by atoms with E-state index in [0.717, 1.165) is 62.2 Å². The summed E-state index contributed by atoms with van der Waals surface area (Å²) in [6.07, 6.45) is 5.10. The van der Waals surface area contributed by atoms with Gasteiger partial charge in [0.1, 0.15) is 5.75 Å². The standard InChI is InChI=1S/C24H32ClN5O2.ClH/c1-32-20-6-7-22(27-14-20)21-16-30(15-17-8-11-26-12-9-17)13-10-23(21)29-24(31)28-19-4-2-18(25)3-5-19;/h2-7,14,17,21,23,26H,8-13,15-16H2,1H3,(H2,28,29,31);1H/t21-,23+;/m0./s1. The summed E-state index contributed by atoms with van der Waals surface area (Å²) in [4.78, 5) is 19.9. The van der Waals surface area contributed by atoms with Crippen molar-refractivity contribution in [2.24, 2.45) is 5.92 Å². The van der Waals surface area contributed by atoms with E-state index in [9.17, 15) is 4.79 Å². The normalized spacial score (nSPS) is 21.6. The van der Waals surface area contributed by atoms with Gasteiger partial charge in [-0.15, -0.1) is 12.4 Å². The number of amides is 2. The number of pyridine rings is 1. The number of halogens is 2. The first-order chi connectivity index (χ1) is 15.6. The van der Waals surface area contributed by atoms with Gasteiger partial charge in [-0.1, -0.05) is 11.6 Å². The Morgan fingerprint density at radius 3 is 2.61 bits per heavy atom. The van der Waals surface area contributed by atoms with Gasteiger partial charge in [0.05, 0.1) is 13.3 Å². The summed E-state index contributed by atoms with van der Waals surface area (Å²) in [7, 11) is 1.64. The van der Waals surface area contributed by atoms with Crippen LogP contribution in [0.5, 0.6) is 5.75 Å². The van der Waals surface area contributed by atoms with Gasteiger partial charge in [-0.2, -0.15) is 0 Å². The first kappa shape index (κ1) is 25.6. The maximum Gasteiger partial charge on any atom is 0.319 e. The monoisotopic (exact) mass is 493 g/mol. The van der Waals surface area contributed by atoms with Crippen molar-refractivity contribution >= 4 is 35.7 Å². The van der Waals surface area contributed by atoms with Crippen molar-refractivity contribution in [2.45, 2.75) is 31.2 Å². The first-order valence-electron chi connectivity index (χ1n) is 11.4. The summed E-state index contributed by atoms with van der Waals surface area (Å²) in [6.45, 7) is 5.18. The number of benzene rings is 1. The molecule has 3 N–H and O–H groups in total. The van der Waals surface area contributed by atoms with Crippen LogP contribution in [0.15, 0.2) is 42.6 Å². The van der Waals surface area contributed by atoms with Crippen molar-refractivity contribution in [2.75, 3.05) is 45.2 Å². The van der Waals surface area contributed by atoms with Crippen molar-refractivity contribution in [1.82, 2.24) is 20.5 Å². The Balaban J connectivity index is 0.00000306. The fourth-order valence-electron chi connectivity index (χ4n) is 4.69. The van der Waals surface area contributed by atoms with E-state index in [2.05, 4.69) is 25.8 Å². The van der Waals surface area contributed by atoms with Gasteiger partial charge in [0.2, 0.25) is 0 Å². The molecule has 2 aliphatic heterocycles. The van der Waals surface area contributed by atoms with Crippen LogP contribution in [-0.4, -0.2) is 61.8 Å². The van der Waals surface area contributed by atoms with E-state index < -0.39 is 0 Å². The number of methoxy groups -OCH3 is 1. The number of ether oxygens (including phenoxy) is 1. The fourth-order valence-corrected chi connectivity index (χ4v) is 4.81. The van der Waals surface area contributed by atoms with Crippen LogP contribution in [0.25, 0.3) is 0 Å². The van der Waals surface area contributed by atoms with Gasteiger partial charge in [0.25, 0.3) is 0 Å². The topological polar surface area (TPSA) is 78.5 Å². The molecule has 2 atom stereocenters. The summed E-state index contributed by atoms with van der Waals surface area (Å²) < 4.78 is 5.28. The van der Waals surface area contributed by atoms with E-state index in [1.165, 1.54) is 12.8 Å². The number of hydrogen-bond donors (Lipinski definition) is 3. The lowest BCUT2D eigenvalue weighted by Gasteiger charge is -2.40. The van der Waals surface area contributed by atoms with Crippen molar-refractivity contribution < 1.29 is 9.53 Å². The lowest BCUT2D eigenvalue weighted by Crippen LogP contribution is -2.52. The number of carbonyl (C=O) groups is 1. The second kappa shape index (κ2) is 12.4. The van der Waals surface area contributed by atoms with Gasteiger partial charge < -0.3 is 25.6 Å². The van der Waals surface area contributed by atoms with E-state index in [1.54, 1.807) is 37.6 Å². The minimum Gasteiger partial charge on any atom is -0.495 e. The Kier molecular flexibility index (Phi) is 9.62. The predicted octanol–water partition coefficient (Wildman–Crippen LogP) is 4.14. The molecule has 7 nitrogen and oxygen atoms in total. The number of piperidine rings is 2. The smallest absolute Gasteiger partial charge is 0.319 e. The zero-order chi connectivity index (χ0) is 22.3. The lowest BCUT2D eigenvalue weighted by molar-refractivity contribution is 0.142. The second-order valence-electron chi connectivity index (χ2n) is 8.68. The van der Waals surface area contributed by atoms with Crippen LogP contribution in [0.2, 0.25) is 5.02 Å². The molecule has 2 aromatic rings. The van der Waals surface area contributed by atoms with E-state index >= 15 is 0 Å². The molecular weight excluding hydrogens is 461 g/mol. The quantitative estimate of drug-likeness (QED) is 0.563. The molecule has 0 unspecified atom stereocenters. The van der Waals surface area contributed by atoms with E-state index in [-0.39, 0.29) is 30.4 Å². The Hall–Kier alpha value is -2.06. The minimum absolute atomic E-state index is 0. The van der Waals surface area contributed by atoms with Crippen LogP contribution < -0.4 is 20.7 Å². The van der Waals surface area contributed by atoms with Gasteiger partial charge in [-0.3, -0.25) is 4.98 Å².